The largest absolute Gasteiger partial charge is 0.336 e. The number of para-hydroxylation sites is 1. The second kappa shape index (κ2) is 8.17. The SMILES string of the molecule is O=C(c1ccccc1N1CCCC1=O)N1CCN(S(=O)(=O)c2ccc(Br)s2)CC1. The van der Waals surface area contributed by atoms with Gasteiger partial charge in [-0.2, -0.15) is 4.31 Å². The van der Waals surface area contributed by atoms with E-state index >= 15 is 0 Å². The van der Waals surface area contributed by atoms with Crippen LogP contribution in [0.4, 0.5) is 5.69 Å². The highest BCUT2D eigenvalue weighted by molar-refractivity contribution is 9.11. The van der Waals surface area contributed by atoms with Crippen molar-refractivity contribution in [2.24, 2.45) is 0 Å². The Kier molecular flexibility index (Phi) is 5.78. The average molecular weight is 498 g/mol. The fourth-order valence-electron chi connectivity index (χ4n) is 3.66. The Hall–Kier alpha value is -1.75. The van der Waals surface area contributed by atoms with Gasteiger partial charge in [-0.15, -0.1) is 11.3 Å². The highest BCUT2D eigenvalue weighted by Gasteiger charge is 2.33. The lowest BCUT2D eigenvalue weighted by atomic mass is 10.1. The van der Waals surface area contributed by atoms with E-state index in [1.54, 1.807) is 40.1 Å². The van der Waals surface area contributed by atoms with E-state index in [1.165, 1.54) is 15.6 Å². The maximum absolute atomic E-state index is 13.1. The van der Waals surface area contributed by atoms with Gasteiger partial charge in [-0.1, -0.05) is 12.1 Å². The standard InChI is InChI=1S/C19H20BrN3O4S2/c20-16-7-8-18(28-16)29(26,27)22-12-10-21(11-13-22)19(25)14-4-1-2-5-15(14)23-9-3-6-17(23)24/h1-2,4-5,7-8H,3,6,9-13H2. The zero-order valence-electron chi connectivity index (χ0n) is 15.6. The third-order valence-corrected chi connectivity index (χ3v) is 9.16. The second-order valence-electron chi connectivity index (χ2n) is 6.92. The van der Waals surface area contributed by atoms with Crippen molar-refractivity contribution >= 4 is 54.8 Å². The molecule has 2 aliphatic heterocycles. The lowest BCUT2D eigenvalue weighted by molar-refractivity contribution is -0.117. The topological polar surface area (TPSA) is 78.0 Å². The number of amides is 2. The van der Waals surface area contributed by atoms with Gasteiger partial charge in [-0.25, -0.2) is 8.42 Å². The molecule has 0 unspecified atom stereocenters. The zero-order valence-corrected chi connectivity index (χ0v) is 18.8. The molecule has 2 aromatic rings. The second-order valence-corrected chi connectivity index (χ2v) is 11.5. The molecule has 0 spiro atoms. The van der Waals surface area contributed by atoms with Gasteiger partial charge in [-0.3, -0.25) is 9.59 Å². The van der Waals surface area contributed by atoms with Crippen LogP contribution in [0.5, 0.6) is 0 Å². The Morgan fingerprint density at radius 1 is 1.00 bits per heavy atom. The number of thiophene rings is 1. The molecule has 154 valence electrons. The molecule has 2 fully saturated rings. The van der Waals surface area contributed by atoms with E-state index in [9.17, 15) is 18.0 Å². The number of sulfonamides is 1. The van der Waals surface area contributed by atoms with Crippen LogP contribution in [-0.4, -0.2) is 62.2 Å². The van der Waals surface area contributed by atoms with Crippen molar-refractivity contribution in [3.8, 4) is 0 Å². The summed E-state index contributed by atoms with van der Waals surface area (Å²) >= 11 is 4.47. The number of benzene rings is 1. The molecule has 0 aliphatic carbocycles. The first-order valence-corrected chi connectivity index (χ1v) is 12.4. The van der Waals surface area contributed by atoms with E-state index in [4.69, 9.17) is 0 Å². The zero-order chi connectivity index (χ0) is 20.6. The van der Waals surface area contributed by atoms with Crippen LogP contribution in [0.15, 0.2) is 44.4 Å². The van der Waals surface area contributed by atoms with Crippen LogP contribution in [-0.2, 0) is 14.8 Å². The van der Waals surface area contributed by atoms with Crippen molar-refractivity contribution < 1.29 is 18.0 Å². The Labute approximate surface area is 182 Å². The third-order valence-electron chi connectivity index (χ3n) is 5.17. The van der Waals surface area contributed by atoms with Gasteiger partial charge in [0.2, 0.25) is 5.91 Å². The lowest BCUT2D eigenvalue weighted by Crippen LogP contribution is -2.50. The molecule has 10 heteroatoms. The minimum Gasteiger partial charge on any atom is -0.336 e. The summed E-state index contributed by atoms with van der Waals surface area (Å²) in [6.07, 6.45) is 1.29. The summed E-state index contributed by atoms with van der Waals surface area (Å²) < 4.78 is 28.0. The van der Waals surface area contributed by atoms with Crippen molar-refractivity contribution in [2.75, 3.05) is 37.6 Å². The van der Waals surface area contributed by atoms with Crippen LogP contribution in [0.25, 0.3) is 0 Å². The van der Waals surface area contributed by atoms with Crippen molar-refractivity contribution in [1.29, 1.82) is 0 Å². The molecule has 0 bridgehead atoms. The summed E-state index contributed by atoms with van der Waals surface area (Å²) in [6.45, 7) is 1.73. The van der Waals surface area contributed by atoms with E-state index in [0.717, 1.165) is 10.2 Å². The first-order valence-electron chi connectivity index (χ1n) is 9.32. The number of anilines is 1. The monoisotopic (exact) mass is 497 g/mol. The molecule has 0 saturated carbocycles. The fraction of sp³-hybridized carbons (Fsp3) is 0.368. The number of carbonyl (C=O) groups excluding carboxylic acids is 2. The van der Waals surface area contributed by atoms with E-state index < -0.39 is 10.0 Å². The summed E-state index contributed by atoms with van der Waals surface area (Å²) in [7, 11) is -3.55. The minimum atomic E-state index is -3.55. The lowest BCUT2D eigenvalue weighted by Gasteiger charge is -2.34. The average Bonchev–Trinajstić information content (AvgIpc) is 3.36. The number of nitrogens with zero attached hydrogens (tertiary/aromatic N) is 3. The smallest absolute Gasteiger partial charge is 0.256 e. The predicted octanol–water partition coefficient (Wildman–Crippen LogP) is 2.78. The summed E-state index contributed by atoms with van der Waals surface area (Å²) in [5.74, 6) is -0.139. The molecule has 1 aromatic heterocycles. The van der Waals surface area contributed by atoms with Crippen LogP contribution in [0.3, 0.4) is 0 Å². The van der Waals surface area contributed by atoms with E-state index in [-0.39, 0.29) is 24.9 Å². The summed E-state index contributed by atoms with van der Waals surface area (Å²) in [5.41, 5.74) is 1.12. The number of hydrogen-bond donors (Lipinski definition) is 0. The summed E-state index contributed by atoms with van der Waals surface area (Å²) in [4.78, 5) is 28.6. The van der Waals surface area contributed by atoms with Crippen LogP contribution in [0.2, 0.25) is 0 Å². The Morgan fingerprint density at radius 2 is 1.72 bits per heavy atom. The van der Waals surface area contributed by atoms with Crippen LogP contribution in [0, 0.1) is 0 Å². The summed E-state index contributed by atoms with van der Waals surface area (Å²) in [6, 6.07) is 10.4. The van der Waals surface area contributed by atoms with E-state index in [1.807, 2.05) is 6.07 Å². The first kappa shape index (κ1) is 20.5. The Morgan fingerprint density at radius 3 is 2.34 bits per heavy atom. The van der Waals surface area contributed by atoms with Crippen LogP contribution < -0.4 is 4.90 Å². The number of halogens is 1. The molecular weight excluding hydrogens is 478 g/mol. The normalized spacial score (nSPS) is 18.4. The summed E-state index contributed by atoms with van der Waals surface area (Å²) in [5, 5.41) is 0. The Bertz CT molecular complexity index is 1050. The molecule has 1 aromatic carbocycles. The molecule has 2 amide bonds. The highest BCUT2D eigenvalue weighted by atomic mass is 79.9. The first-order chi connectivity index (χ1) is 13.9. The molecule has 0 atom stereocenters. The molecule has 3 heterocycles. The van der Waals surface area contributed by atoms with Gasteiger partial charge in [0.05, 0.1) is 15.0 Å². The van der Waals surface area contributed by atoms with Gasteiger partial charge in [0, 0.05) is 39.1 Å². The van der Waals surface area contributed by atoms with Crippen LogP contribution in [0.1, 0.15) is 23.2 Å². The minimum absolute atomic E-state index is 0.0308. The van der Waals surface area contributed by atoms with E-state index in [2.05, 4.69) is 15.9 Å². The molecule has 2 saturated heterocycles. The molecule has 7 nitrogen and oxygen atoms in total. The van der Waals surface area contributed by atoms with Gasteiger partial charge in [0.15, 0.2) is 0 Å². The molecule has 0 radical (unpaired) electrons. The van der Waals surface area contributed by atoms with Crippen molar-refractivity contribution in [3.63, 3.8) is 0 Å². The fourth-order valence-corrected chi connectivity index (χ4v) is 7.24. The quantitative estimate of drug-likeness (QED) is 0.650. The maximum atomic E-state index is 13.1. The van der Waals surface area contributed by atoms with Crippen molar-refractivity contribution in [1.82, 2.24) is 9.21 Å². The van der Waals surface area contributed by atoms with Gasteiger partial charge < -0.3 is 9.80 Å². The van der Waals surface area contributed by atoms with Crippen molar-refractivity contribution in [3.05, 3.63) is 45.7 Å². The molecular formula is C19H20BrN3O4S2. The highest BCUT2D eigenvalue weighted by Crippen LogP contribution is 2.30. The molecule has 29 heavy (non-hydrogen) atoms. The molecule has 4 rings (SSSR count). The Balaban J connectivity index is 1.48. The maximum Gasteiger partial charge on any atom is 0.256 e. The predicted molar refractivity (Wildman–Crippen MR) is 115 cm³/mol. The molecule has 2 aliphatic rings. The van der Waals surface area contributed by atoms with Gasteiger partial charge in [-0.05, 0) is 46.6 Å². The number of rotatable bonds is 4. The number of hydrogen-bond acceptors (Lipinski definition) is 5. The third kappa shape index (κ3) is 3.98. The van der Waals surface area contributed by atoms with Crippen molar-refractivity contribution in [2.45, 2.75) is 17.1 Å². The van der Waals surface area contributed by atoms with Gasteiger partial charge >= 0.3 is 0 Å². The van der Waals surface area contributed by atoms with E-state index in [0.29, 0.717) is 41.5 Å². The van der Waals surface area contributed by atoms with Gasteiger partial charge in [0.25, 0.3) is 15.9 Å². The number of piperazine rings is 1. The van der Waals surface area contributed by atoms with Crippen LogP contribution >= 0.6 is 27.3 Å². The molecule has 0 N–H and O–H groups in total. The number of carbonyl (C=O) groups is 2. The van der Waals surface area contributed by atoms with Gasteiger partial charge in [0.1, 0.15) is 4.21 Å².